The Hall–Kier alpha value is -0.340. The van der Waals surface area contributed by atoms with Gasteiger partial charge in [0.15, 0.2) is 0 Å². The molecule has 1 N–H and O–H groups in total. The van der Waals surface area contributed by atoms with E-state index in [4.69, 9.17) is 9.84 Å². The van der Waals surface area contributed by atoms with Gasteiger partial charge in [-0.15, -0.1) is 0 Å². The summed E-state index contributed by atoms with van der Waals surface area (Å²) in [4.78, 5) is 0. The first-order chi connectivity index (χ1) is 5.93. The molecule has 2 heteroatoms. The SMILES string of the molecule is OCCOC1CC/C=C\CCC1. The van der Waals surface area contributed by atoms with Crippen molar-refractivity contribution in [3.8, 4) is 0 Å². The molecule has 1 aliphatic carbocycles. The fraction of sp³-hybridized carbons (Fsp3) is 0.800. The topological polar surface area (TPSA) is 29.5 Å². The maximum Gasteiger partial charge on any atom is 0.0701 e. The molecule has 0 radical (unpaired) electrons. The molecule has 70 valence electrons. The predicted molar refractivity (Wildman–Crippen MR) is 49.1 cm³/mol. The highest BCUT2D eigenvalue weighted by Gasteiger charge is 2.08. The second-order valence-electron chi connectivity index (χ2n) is 3.20. The zero-order valence-corrected chi connectivity index (χ0v) is 7.54. The summed E-state index contributed by atoms with van der Waals surface area (Å²) in [5.41, 5.74) is 0. The van der Waals surface area contributed by atoms with Gasteiger partial charge in [0.2, 0.25) is 0 Å². The van der Waals surface area contributed by atoms with Crippen LogP contribution in [0.25, 0.3) is 0 Å². The number of ether oxygens (including phenoxy) is 1. The summed E-state index contributed by atoms with van der Waals surface area (Å²) in [6.07, 6.45) is 10.6. The maximum atomic E-state index is 8.58. The molecule has 0 saturated carbocycles. The third kappa shape index (κ3) is 3.88. The van der Waals surface area contributed by atoms with Gasteiger partial charge >= 0.3 is 0 Å². The highest BCUT2D eigenvalue weighted by Crippen LogP contribution is 2.14. The van der Waals surface area contributed by atoms with E-state index in [1.807, 2.05) is 0 Å². The van der Waals surface area contributed by atoms with Crippen molar-refractivity contribution >= 4 is 0 Å². The highest BCUT2D eigenvalue weighted by molar-refractivity contribution is 4.85. The summed E-state index contributed by atoms with van der Waals surface area (Å²) in [5.74, 6) is 0. The van der Waals surface area contributed by atoms with E-state index >= 15 is 0 Å². The standard InChI is InChI=1S/C10H18O2/c11-8-9-12-10-6-4-2-1-3-5-7-10/h1-2,10-11H,3-9H2/b2-1-. The van der Waals surface area contributed by atoms with E-state index in [0.29, 0.717) is 12.7 Å². The van der Waals surface area contributed by atoms with Gasteiger partial charge in [0, 0.05) is 0 Å². The van der Waals surface area contributed by atoms with Crippen LogP contribution < -0.4 is 0 Å². The van der Waals surface area contributed by atoms with Gasteiger partial charge in [-0.3, -0.25) is 0 Å². The van der Waals surface area contributed by atoms with E-state index < -0.39 is 0 Å². The van der Waals surface area contributed by atoms with Crippen LogP contribution in [0.5, 0.6) is 0 Å². The third-order valence-electron chi connectivity index (χ3n) is 2.16. The Morgan fingerprint density at radius 1 is 1.25 bits per heavy atom. The molecule has 0 aromatic heterocycles. The molecule has 0 aliphatic heterocycles. The van der Waals surface area contributed by atoms with Gasteiger partial charge in [-0.05, 0) is 32.1 Å². The molecular formula is C10H18O2. The molecule has 2 nitrogen and oxygen atoms in total. The fourth-order valence-corrected chi connectivity index (χ4v) is 1.51. The first kappa shape index (κ1) is 9.75. The largest absolute Gasteiger partial charge is 0.394 e. The Kier molecular flexibility index (Phi) is 5.04. The van der Waals surface area contributed by atoms with Crippen LogP contribution >= 0.6 is 0 Å². The Morgan fingerprint density at radius 3 is 2.92 bits per heavy atom. The first-order valence-corrected chi connectivity index (χ1v) is 4.81. The molecule has 0 fully saturated rings. The molecule has 0 saturated heterocycles. The zero-order chi connectivity index (χ0) is 8.65. The van der Waals surface area contributed by atoms with Crippen LogP contribution in [0.1, 0.15) is 32.1 Å². The van der Waals surface area contributed by atoms with E-state index in [1.165, 1.54) is 12.8 Å². The number of hydrogen-bond donors (Lipinski definition) is 1. The maximum absolute atomic E-state index is 8.58. The van der Waals surface area contributed by atoms with E-state index in [1.54, 1.807) is 0 Å². The van der Waals surface area contributed by atoms with E-state index in [0.717, 1.165) is 19.3 Å². The quantitative estimate of drug-likeness (QED) is 0.655. The van der Waals surface area contributed by atoms with Crippen LogP contribution in [0.15, 0.2) is 12.2 Å². The number of aliphatic hydroxyl groups is 1. The van der Waals surface area contributed by atoms with Crippen LogP contribution in [0.2, 0.25) is 0 Å². The fourth-order valence-electron chi connectivity index (χ4n) is 1.51. The van der Waals surface area contributed by atoms with Gasteiger partial charge in [0.05, 0.1) is 19.3 Å². The lowest BCUT2D eigenvalue weighted by Gasteiger charge is -2.17. The number of aliphatic hydroxyl groups excluding tert-OH is 1. The second kappa shape index (κ2) is 6.21. The molecule has 0 amide bonds. The van der Waals surface area contributed by atoms with Gasteiger partial charge in [-0.2, -0.15) is 0 Å². The average Bonchev–Trinajstić information content (AvgIpc) is 2.02. The van der Waals surface area contributed by atoms with Crippen LogP contribution in [-0.4, -0.2) is 24.4 Å². The van der Waals surface area contributed by atoms with Crippen molar-refractivity contribution < 1.29 is 9.84 Å². The summed E-state index contributed by atoms with van der Waals surface area (Å²) in [5, 5.41) is 8.58. The van der Waals surface area contributed by atoms with Gasteiger partial charge in [-0.1, -0.05) is 12.2 Å². The molecule has 0 heterocycles. The molecule has 0 aromatic rings. The minimum absolute atomic E-state index is 0.145. The lowest BCUT2D eigenvalue weighted by atomic mass is 10.0. The molecule has 0 spiro atoms. The van der Waals surface area contributed by atoms with Gasteiger partial charge in [0.1, 0.15) is 0 Å². The van der Waals surface area contributed by atoms with Crippen LogP contribution in [0, 0.1) is 0 Å². The first-order valence-electron chi connectivity index (χ1n) is 4.81. The lowest BCUT2D eigenvalue weighted by molar-refractivity contribution is 0.0186. The van der Waals surface area contributed by atoms with Crippen molar-refractivity contribution in [2.24, 2.45) is 0 Å². The van der Waals surface area contributed by atoms with Crippen molar-refractivity contribution in [1.29, 1.82) is 0 Å². The molecule has 1 atom stereocenters. The predicted octanol–water partition coefficient (Wildman–Crippen LogP) is 1.88. The van der Waals surface area contributed by atoms with Crippen LogP contribution in [0.4, 0.5) is 0 Å². The Morgan fingerprint density at radius 2 is 2.08 bits per heavy atom. The second-order valence-corrected chi connectivity index (χ2v) is 3.20. The van der Waals surface area contributed by atoms with Crippen molar-refractivity contribution in [3.05, 3.63) is 12.2 Å². The van der Waals surface area contributed by atoms with Crippen molar-refractivity contribution in [2.75, 3.05) is 13.2 Å². The van der Waals surface area contributed by atoms with E-state index in [9.17, 15) is 0 Å². The third-order valence-corrected chi connectivity index (χ3v) is 2.16. The molecule has 1 unspecified atom stereocenters. The Labute approximate surface area is 74.2 Å². The van der Waals surface area contributed by atoms with E-state index in [2.05, 4.69) is 12.2 Å². The van der Waals surface area contributed by atoms with Crippen molar-refractivity contribution in [1.82, 2.24) is 0 Å². The van der Waals surface area contributed by atoms with Gasteiger partial charge < -0.3 is 9.84 Å². The Balaban J connectivity index is 2.18. The summed E-state index contributed by atoms with van der Waals surface area (Å²) >= 11 is 0. The summed E-state index contributed by atoms with van der Waals surface area (Å²) in [6.45, 7) is 0.640. The molecule has 12 heavy (non-hydrogen) atoms. The summed E-state index contributed by atoms with van der Waals surface area (Å²) in [6, 6.07) is 0. The van der Waals surface area contributed by atoms with E-state index in [-0.39, 0.29) is 6.61 Å². The van der Waals surface area contributed by atoms with Gasteiger partial charge in [-0.25, -0.2) is 0 Å². The minimum atomic E-state index is 0.145. The average molecular weight is 170 g/mol. The molecule has 0 bridgehead atoms. The molecular weight excluding hydrogens is 152 g/mol. The van der Waals surface area contributed by atoms with Crippen molar-refractivity contribution in [2.45, 2.75) is 38.2 Å². The normalized spacial score (nSPS) is 27.6. The zero-order valence-electron chi connectivity index (χ0n) is 7.54. The lowest BCUT2D eigenvalue weighted by Crippen LogP contribution is -2.15. The smallest absolute Gasteiger partial charge is 0.0701 e. The monoisotopic (exact) mass is 170 g/mol. The van der Waals surface area contributed by atoms with Crippen LogP contribution in [0.3, 0.4) is 0 Å². The molecule has 1 rings (SSSR count). The number of hydrogen-bond acceptors (Lipinski definition) is 2. The minimum Gasteiger partial charge on any atom is -0.394 e. The van der Waals surface area contributed by atoms with Gasteiger partial charge in [0.25, 0.3) is 0 Å². The van der Waals surface area contributed by atoms with Crippen LogP contribution in [-0.2, 0) is 4.74 Å². The number of allylic oxidation sites excluding steroid dienone is 2. The summed E-state index contributed by atoms with van der Waals surface area (Å²) < 4.78 is 5.48. The number of rotatable bonds is 3. The summed E-state index contributed by atoms with van der Waals surface area (Å²) in [7, 11) is 0. The molecule has 0 aromatic carbocycles. The highest BCUT2D eigenvalue weighted by atomic mass is 16.5. The van der Waals surface area contributed by atoms with Crippen molar-refractivity contribution in [3.63, 3.8) is 0 Å². The Bertz CT molecular complexity index is 132. The molecule has 1 aliphatic rings.